The number of rotatable bonds is 13. The Morgan fingerprint density at radius 2 is 1.44 bits per heavy atom. The van der Waals surface area contributed by atoms with E-state index in [1.807, 2.05) is 61.5 Å². The molecule has 2 amide bonds. The largest absolute Gasteiger partial charge is 0.354 e. The summed E-state index contributed by atoms with van der Waals surface area (Å²) in [6, 6.07) is 31.2. The second-order valence-electron chi connectivity index (χ2n) is 9.95. The Hall–Kier alpha value is -3.22. The fraction of sp³-hybridized carbons (Fsp3) is 0.212. The Kier molecular flexibility index (Phi) is 11.8. The van der Waals surface area contributed by atoms with E-state index in [1.165, 1.54) is 17.0 Å². The topological polar surface area (TPSA) is 86.8 Å². The van der Waals surface area contributed by atoms with Crippen molar-refractivity contribution in [1.82, 2.24) is 10.2 Å². The van der Waals surface area contributed by atoms with Crippen molar-refractivity contribution in [1.29, 1.82) is 0 Å². The summed E-state index contributed by atoms with van der Waals surface area (Å²) in [5, 5.41) is 2.96. The smallest absolute Gasteiger partial charge is 0.264 e. The van der Waals surface area contributed by atoms with Crippen LogP contribution in [0.4, 0.5) is 5.69 Å². The first-order valence-corrected chi connectivity index (χ1v) is 17.2. The molecule has 0 heterocycles. The predicted molar refractivity (Wildman–Crippen MR) is 182 cm³/mol. The summed E-state index contributed by atoms with van der Waals surface area (Å²) in [5.41, 5.74) is 2.06. The van der Waals surface area contributed by atoms with Crippen molar-refractivity contribution in [3.63, 3.8) is 0 Å². The fourth-order valence-corrected chi connectivity index (χ4v) is 6.62. The Labute approximate surface area is 275 Å². The molecule has 0 saturated heterocycles. The molecular formula is C33H33BrIN3O4S. The van der Waals surface area contributed by atoms with Crippen molar-refractivity contribution in [2.45, 2.75) is 37.2 Å². The van der Waals surface area contributed by atoms with Gasteiger partial charge in [0.05, 0.1) is 10.6 Å². The average molecular weight is 775 g/mol. The average Bonchev–Trinajstić information content (AvgIpc) is 3.02. The molecule has 1 N–H and O–H groups in total. The highest BCUT2D eigenvalue weighted by atomic mass is 127. The fourth-order valence-electron chi connectivity index (χ4n) is 4.56. The Morgan fingerprint density at radius 3 is 2.05 bits per heavy atom. The predicted octanol–water partition coefficient (Wildman–Crippen LogP) is 6.42. The Morgan fingerprint density at radius 1 is 0.837 bits per heavy atom. The molecular weight excluding hydrogens is 741 g/mol. The highest BCUT2D eigenvalue weighted by molar-refractivity contribution is 14.1. The number of nitrogens with zero attached hydrogens (tertiary/aromatic N) is 2. The Bertz CT molecular complexity index is 1600. The van der Waals surface area contributed by atoms with E-state index in [2.05, 4.69) is 43.8 Å². The number of hydrogen-bond donors (Lipinski definition) is 1. The van der Waals surface area contributed by atoms with E-state index < -0.39 is 28.5 Å². The van der Waals surface area contributed by atoms with E-state index in [9.17, 15) is 18.0 Å². The first-order valence-electron chi connectivity index (χ1n) is 13.9. The SMILES string of the molecule is CCCNC(=O)C(Cc1ccccc1)N(Cc1ccc(Br)cc1)C(=O)CN(c1ccc(I)cc1)S(=O)(=O)c1ccccc1. The number of amides is 2. The number of sulfonamides is 1. The van der Waals surface area contributed by atoms with Gasteiger partial charge in [-0.05, 0) is 88.7 Å². The van der Waals surface area contributed by atoms with Crippen LogP contribution in [0.15, 0.2) is 119 Å². The maximum Gasteiger partial charge on any atom is 0.264 e. The molecule has 10 heteroatoms. The van der Waals surface area contributed by atoms with Crippen LogP contribution in [0.1, 0.15) is 24.5 Å². The first-order chi connectivity index (χ1) is 20.7. The van der Waals surface area contributed by atoms with Crippen LogP contribution in [0.3, 0.4) is 0 Å². The minimum absolute atomic E-state index is 0.0716. The van der Waals surface area contributed by atoms with Gasteiger partial charge in [0.2, 0.25) is 11.8 Å². The molecule has 0 aromatic heterocycles. The van der Waals surface area contributed by atoms with Gasteiger partial charge in [-0.1, -0.05) is 83.5 Å². The second-order valence-corrected chi connectivity index (χ2v) is 14.0. The number of nitrogens with one attached hydrogen (secondary N) is 1. The van der Waals surface area contributed by atoms with Crippen molar-refractivity contribution in [2.75, 3.05) is 17.4 Å². The van der Waals surface area contributed by atoms with Gasteiger partial charge in [0.1, 0.15) is 12.6 Å². The monoisotopic (exact) mass is 773 g/mol. The summed E-state index contributed by atoms with van der Waals surface area (Å²) in [6.45, 7) is 2.06. The van der Waals surface area contributed by atoms with Gasteiger partial charge in [-0.25, -0.2) is 8.42 Å². The normalized spacial score (nSPS) is 11.9. The van der Waals surface area contributed by atoms with Gasteiger partial charge in [0.25, 0.3) is 10.0 Å². The highest BCUT2D eigenvalue weighted by Crippen LogP contribution is 2.26. The summed E-state index contributed by atoms with van der Waals surface area (Å²) in [6.07, 6.45) is 1.01. The van der Waals surface area contributed by atoms with Gasteiger partial charge in [-0.2, -0.15) is 0 Å². The lowest BCUT2D eigenvalue weighted by molar-refractivity contribution is -0.140. The number of halogens is 2. The maximum absolute atomic E-state index is 14.4. The van der Waals surface area contributed by atoms with Crippen LogP contribution in [-0.4, -0.2) is 44.3 Å². The number of benzene rings is 4. The molecule has 4 aromatic carbocycles. The number of anilines is 1. The third-order valence-electron chi connectivity index (χ3n) is 6.81. The molecule has 4 aromatic rings. The quantitative estimate of drug-likeness (QED) is 0.159. The van der Waals surface area contributed by atoms with E-state index in [0.717, 1.165) is 29.9 Å². The second kappa shape index (κ2) is 15.5. The van der Waals surface area contributed by atoms with Gasteiger partial charge < -0.3 is 10.2 Å². The van der Waals surface area contributed by atoms with Crippen molar-refractivity contribution < 1.29 is 18.0 Å². The molecule has 0 aliphatic carbocycles. The van der Waals surface area contributed by atoms with Gasteiger partial charge in [0, 0.05) is 27.6 Å². The van der Waals surface area contributed by atoms with Crippen LogP contribution < -0.4 is 9.62 Å². The van der Waals surface area contributed by atoms with E-state index >= 15 is 0 Å². The number of carbonyl (C=O) groups excluding carboxylic acids is 2. The molecule has 0 aliphatic rings. The third-order valence-corrected chi connectivity index (χ3v) is 9.85. The molecule has 4 rings (SSSR count). The van der Waals surface area contributed by atoms with Crippen LogP contribution in [-0.2, 0) is 32.6 Å². The standard InChI is InChI=1S/C33H33BrIN3O4S/c1-2-21-36-33(40)31(22-25-9-5-3-6-10-25)37(23-26-13-15-27(34)16-14-26)32(39)24-38(29-19-17-28(35)18-20-29)43(41,42)30-11-7-4-8-12-30/h3-20,31H,2,21-24H2,1H3,(H,36,40). The molecule has 7 nitrogen and oxygen atoms in total. The lowest BCUT2D eigenvalue weighted by Gasteiger charge is -2.34. The van der Waals surface area contributed by atoms with Crippen LogP contribution in [0.2, 0.25) is 0 Å². The van der Waals surface area contributed by atoms with Gasteiger partial charge in [-0.3, -0.25) is 13.9 Å². The minimum Gasteiger partial charge on any atom is -0.354 e. The van der Waals surface area contributed by atoms with Gasteiger partial charge in [-0.15, -0.1) is 0 Å². The van der Waals surface area contributed by atoms with Crippen molar-refractivity contribution >= 4 is 66.0 Å². The zero-order valence-corrected chi connectivity index (χ0v) is 28.3. The Balaban J connectivity index is 1.78. The molecule has 0 spiro atoms. The van der Waals surface area contributed by atoms with E-state index in [1.54, 1.807) is 42.5 Å². The molecule has 0 bridgehead atoms. The summed E-state index contributed by atoms with van der Waals surface area (Å²) in [7, 11) is -4.12. The maximum atomic E-state index is 14.4. The molecule has 224 valence electrons. The van der Waals surface area contributed by atoms with Crippen LogP contribution in [0.25, 0.3) is 0 Å². The molecule has 1 atom stereocenters. The first kappa shape index (κ1) is 32.7. The van der Waals surface area contributed by atoms with Crippen LogP contribution in [0.5, 0.6) is 0 Å². The molecule has 0 aliphatic heterocycles. The third kappa shape index (κ3) is 8.90. The van der Waals surface area contributed by atoms with E-state index in [-0.39, 0.29) is 23.8 Å². The molecule has 1 unspecified atom stereocenters. The number of carbonyl (C=O) groups is 2. The molecule has 0 radical (unpaired) electrons. The lowest BCUT2D eigenvalue weighted by atomic mass is 10.0. The molecule has 0 fully saturated rings. The lowest BCUT2D eigenvalue weighted by Crippen LogP contribution is -2.53. The minimum atomic E-state index is -4.12. The van der Waals surface area contributed by atoms with E-state index in [0.29, 0.717) is 12.2 Å². The van der Waals surface area contributed by atoms with Gasteiger partial charge in [0.15, 0.2) is 0 Å². The zero-order chi connectivity index (χ0) is 30.8. The van der Waals surface area contributed by atoms with Crippen molar-refractivity contribution in [3.05, 3.63) is 128 Å². The van der Waals surface area contributed by atoms with Crippen LogP contribution in [0, 0.1) is 3.57 Å². The van der Waals surface area contributed by atoms with Gasteiger partial charge >= 0.3 is 0 Å². The summed E-state index contributed by atoms with van der Waals surface area (Å²) >= 11 is 5.60. The van der Waals surface area contributed by atoms with E-state index in [4.69, 9.17) is 0 Å². The zero-order valence-electron chi connectivity index (χ0n) is 23.7. The molecule has 0 saturated carbocycles. The summed E-state index contributed by atoms with van der Waals surface area (Å²) in [4.78, 5) is 29.6. The van der Waals surface area contributed by atoms with Crippen LogP contribution >= 0.6 is 38.5 Å². The number of hydrogen-bond acceptors (Lipinski definition) is 4. The van der Waals surface area contributed by atoms with Crippen molar-refractivity contribution in [3.8, 4) is 0 Å². The van der Waals surface area contributed by atoms with Crippen molar-refractivity contribution in [2.24, 2.45) is 0 Å². The molecule has 43 heavy (non-hydrogen) atoms. The highest BCUT2D eigenvalue weighted by Gasteiger charge is 2.34. The summed E-state index contributed by atoms with van der Waals surface area (Å²) in [5.74, 6) is -0.781. The summed E-state index contributed by atoms with van der Waals surface area (Å²) < 4.78 is 30.9.